The summed E-state index contributed by atoms with van der Waals surface area (Å²) in [6.45, 7) is 10.6. The van der Waals surface area contributed by atoms with Crippen LogP contribution >= 0.6 is 0 Å². The molecule has 2 aliphatic rings. The Balaban J connectivity index is 1.66. The van der Waals surface area contributed by atoms with Gasteiger partial charge in [-0.25, -0.2) is 0 Å². The number of benzene rings is 1. The lowest BCUT2D eigenvalue weighted by molar-refractivity contribution is -0.144. The first-order chi connectivity index (χ1) is 13.4. The van der Waals surface area contributed by atoms with E-state index in [9.17, 15) is 9.90 Å². The zero-order valence-electron chi connectivity index (χ0n) is 17.8. The number of aromatic nitrogens is 1. The maximum atomic E-state index is 12.3. The predicted octanol–water partition coefficient (Wildman–Crippen LogP) is 2.00. The molecule has 1 amide bonds. The fraction of sp³-hybridized carbons (Fsp3) is 0.524. The normalized spacial score (nSPS) is 25.8. The number of hydrogen-bond acceptors (Lipinski definition) is 6. The number of carbonyl (C=O) groups excluding carboxylic acids is 1. The van der Waals surface area contributed by atoms with Crippen molar-refractivity contribution in [2.45, 2.75) is 57.8 Å². The average molecular weight is 398 g/mol. The number of aryl methyl sites for hydroxylation is 1. The molecule has 1 aromatic carbocycles. The SMILES string of the molecule is Cc1ccc(-c2cc([C@]3(O)CCN(C)C3=O)on2)cc1B1OC(C)(C)C(C)(C)O1. The van der Waals surface area contributed by atoms with E-state index in [0.29, 0.717) is 12.2 Å². The molecule has 2 saturated heterocycles. The minimum absolute atomic E-state index is 0.166. The summed E-state index contributed by atoms with van der Waals surface area (Å²) in [4.78, 5) is 13.8. The minimum Gasteiger partial charge on any atom is -0.399 e. The lowest BCUT2D eigenvalue weighted by atomic mass is 9.75. The van der Waals surface area contributed by atoms with Gasteiger partial charge in [-0.05, 0) is 40.1 Å². The van der Waals surface area contributed by atoms with Crippen LogP contribution < -0.4 is 5.46 Å². The van der Waals surface area contributed by atoms with Gasteiger partial charge in [-0.15, -0.1) is 0 Å². The van der Waals surface area contributed by atoms with E-state index in [0.717, 1.165) is 16.6 Å². The molecule has 3 heterocycles. The monoisotopic (exact) mass is 398 g/mol. The highest BCUT2D eigenvalue weighted by molar-refractivity contribution is 6.62. The highest BCUT2D eigenvalue weighted by Gasteiger charge is 2.52. The van der Waals surface area contributed by atoms with Crippen molar-refractivity contribution in [1.82, 2.24) is 10.1 Å². The summed E-state index contributed by atoms with van der Waals surface area (Å²) in [5, 5.41) is 14.9. The number of likely N-dealkylation sites (N-methyl/N-ethyl adjacent to an activating group) is 1. The topological polar surface area (TPSA) is 85.0 Å². The average Bonchev–Trinajstić information content (AvgIpc) is 3.29. The van der Waals surface area contributed by atoms with Crippen LogP contribution in [-0.4, -0.2) is 53.0 Å². The van der Waals surface area contributed by atoms with Crippen LogP contribution in [0.3, 0.4) is 0 Å². The van der Waals surface area contributed by atoms with Gasteiger partial charge in [-0.2, -0.15) is 0 Å². The molecule has 0 aliphatic carbocycles. The van der Waals surface area contributed by atoms with Crippen molar-refractivity contribution < 1.29 is 23.7 Å². The van der Waals surface area contributed by atoms with E-state index in [2.05, 4.69) is 5.16 Å². The summed E-state index contributed by atoms with van der Waals surface area (Å²) < 4.78 is 17.8. The zero-order valence-corrected chi connectivity index (χ0v) is 17.8. The maximum Gasteiger partial charge on any atom is 0.495 e. The largest absolute Gasteiger partial charge is 0.495 e. The molecule has 2 aliphatic heterocycles. The minimum atomic E-state index is -1.65. The lowest BCUT2D eigenvalue weighted by Crippen LogP contribution is -2.41. The Hall–Kier alpha value is -2.16. The Labute approximate surface area is 171 Å². The van der Waals surface area contributed by atoms with Crippen molar-refractivity contribution >= 4 is 18.5 Å². The van der Waals surface area contributed by atoms with E-state index in [-0.39, 0.29) is 18.1 Å². The van der Waals surface area contributed by atoms with Crippen molar-refractivity contribution in [2.75, 3.05) is 13.6 Å². The van der Waals surface area contributed by atoms with Crippen molar-refractivity contribution in [3.05, 3.63) is 35.6 Å². The molecule has 29 heavy (non-hydrogen) atoms. The number of nitrogens with zero attached hydrogens (tertiary/aromatic N) is 2. The highest BCUT2D eigenvalue weighted by Crippen LogP contribution is 2.37. The predicted molar refractivity (Wildman–Crippen MR) is 109 cm³/mol. The molecule has 1 atom stereocenters. The van der Waals surface area contributed by atoms with Gasteiger partial charge in [0.25, 0.3) is 5.91 Å². The van der Waals surface area contributed by atoms with Crippen molar-refractivity contribution in [2.24, 2.45) is 0 Å². The second-order valence-corrected chi connectivity index (χ2v) is 9.07. The molecular formula is C21H27BN2O5. The third kappa shape index (κ3) is 3.10. The van der Waals surface area contributed by atoms with Crippen LogP contribution in [0.4, 0.5) is 0 Å². The van der Waals surface area contributed by atoms with Gasteiger partial charge in [-0.3, -0.25) is 4.79 Å². The molecule has 4 rings (SSSR count). The molecule has 7 nitrogen and oxygen atoms in total. The van der Waals surface area contributed by atoms with Crippen molar-refractivity contribution in [3.8, 4) is 11.3 Å². The first-order valence-electron chi connectivity index (χ1n) is 9.86. The van der Waals surface area contributed by atoms with Gasteiger partial charge >= 0.3 is 7.12 Å². The van der Waals surface area contributed by atoms with Crippen LogP contribution in [0.5, 0.6) is 0 Å². The molecular weight excluding hydrogens is 371 g/mol. The quantitative estimate of drug-likeness (QED) is 0.797. The summed E-state index contributed by atoms with van der Waals surface area (Å²) in [5.41, 5.74) is 0.798. The summed E-state index contributed by atoms with van der Waals surface area (Å²) in [7, 11) is 1.18. The van der Waals surface area contributed by atoms with Crippen LogP contribution in [-0.2, 0) is 19.7 Å². The van der Waals surface area contributed by atoms with Crippen LogP contribution in [0.25, 0.3) is 11.3 Å². The molecule has 0 saturated carbocycles. The van der Waals surface area contributed by atoms with Crippen molar-refractivity contribution in [1.29, 1.82) is 0 Å². The number of hydrogen-bond donors (Lipinski definition) is 1. The molecule has 0 spiro atoms. The molecule has 0 unspecified atom stereocenters. The van der Waals surface area contributed by atoms with Gasteiger partial charge in [0.1, 0.15) is 5.69 Å². The standard InChI is InChI=1S/C21H27BN2O5/c1-13-7-8-14(11-15(13)22-28-19(2,3)20(4,5)29-22)16-12-17(27-23-16)21(26)9-10-24(6)18(21)25/h7-8,11-12,26H,9-10H2,1-6H3/t21-/m1/s1. The van der Waals surface area contributed by atoms with E-state index >= 15 is 0 Å². The Morgan fingerprint density at radius 2 is 1.79 bits per heavy atom. The van der Waals surface area contributed by atoms with Gasteiger partial charge in [0.05, 0.1) is 11.2 Å². The smallest absolute Gasteiger partial charge is 0.399 e. The number of amides is 1. The third-order valence-electron chi connectivity index (χ3n) is 6.51. The zero-order chi connectivity index (χ0) is 21.2. The van der Waals surface area contributed by atoms with Crippen LogP contribution in [0.1, 0.15) is 45.4 Å². The summed E-state index contributed by atoms with van der Waals surface area (Å²) in [5.74, 6) is -0.207. The van der Waals surface area contributed by atoms with Crippen LogP contribution in [0.2, 0.25) is 0 Å². The number of aliphatic hydroxyl groups is 1. The Bertz CT molecular complexity index is 954. The van der Waals surface area contributed by atoms with Crippen LogP contribution in [0, 0.1) is 6.92 Å². The lowest BCUT2D eigenvalue weighted by Gasteiger charge is -2.32. The molecule has 0 bridgehead atoms. The van der Waals surface area contributed by atoms with E-state index in [1.807, 2.05) is 52.8 Å². The maximum absolute atomic E-state index is 12.3. The second-order valence-electron chi connectivity index (χ2n) is 9.07. The molecule has 0 radical (unpaired) electrons. The van der Waals surface area contributed by atoms with E-state index < -0.39 is 23.9 Å². The van der Waals surface area contributed by atoms with Gasteiger partial charge in [0, 0.05) is 31.6 Å². The molecule has 2 aromatic rings. The highest BCUT2D eigenvalue weighted by atomic mass is 16.7. The van der Waals surface area contributed by atoms with Gasteiger partial charge in [0.15, 0.2) is 5.76 Å². The summed E-state index contributed by atoms with van der Waals surface area (Å²) in [6, 6.07) is 7.51. The van der Waals surface area contributed by atoms with E-state index in [4.69, 9.17) is 13.8 Å². The number of carbonyl (C=O) groups is 1. The summed E-state index contributed by atoms with van der Waals surface area (Å²) in [6.07, 6.45) is 0.282. The van der Waals surface area contributed by atoms with E-state index in [1.54, 1.807) is 13.1 Å². The number of rotatable bonds is 3. The van der Waals surface area contributed by atoms with Gasteiger partial charge < -0.3 is 23.8 Å². The summed E-state index contributed by atoms with van der Waals surface area (Å²) >= 11 is 0. The fourth-order valence-electron chi connectivity index (χ4n) is 3.71. The molecule has 154 valence electrons. The molecule has 1 N–H and O–H groups in total. The Morgan fingerprint density at radius 3 is 2.38 bits per heavy atom. The van der Waals surface area contributed by atoms with Crippen molar-refractivity contribution in [3.63, 3.8) is 0 Å². The fourth-order valence-corrected chi connectivity index (χ4v) is 3.71. The molecule has 2 fully saturated rings. The molecule has 1 aromatic heterocycles. The Kier molecular flexibility index (Phi) is 4.46. The number of likely N-dealkylation sites (tertiary alicyclic amines) is 1. The van der Waals surface area contributed by atoms with E-state index in [1.165, 1.54) is 4.90 Å². The van der Waals surface area contributed by atoms with Gasteiger partial charge in [-0.1, -0.05) is 28.9 Å². The third-order valence-corrected chi connectivity index (χ3v) is 6.51. The second kappa shape index (κ2) is 6.42. The first-order valence-corrected chi connectivity index (χ1v) is 9.86. The Morgan fingerprint density at radius 1 is 1.14 bits per heavy atom. The first kappa shape index (κ1) is 20.1. The van der Waals surface area contributed by atoms with Crippen LogP contribution in [0.15, 0.2) is 28.8 Å². The molecule has 8 heteroatoms. The van der Waals surface area contributed by atoms with Gasteiger partial charge in [0.2, 0.25) is 5.60 Å².